The number of piperazine rings is 1. The van der Waals surface area contributed by atoms with Crippen LogP contribution < -0.4 is 14.8 Å². The smallest absolute Gasteiger partial charge is 0.356 e. The van der Waals surface area contributed by atoms with Crippen LogP contribution in [0.1, 0.15) is 29.9 Å². The van der Waals surface area contributed by atoms with Gasteiger partial charge in [0.25, 0.3) is 0 Å². The fraction of sp³-hybridized carbons (Fsp3) is 0.407. The van der Waals surface area contributed by atoms with Crippen molar-refractivity contribution in [2.75, 3.05) is 52.3 Å². The zero-order valence-electron chi connectivity index (χ0n) is 21.3. The van der Waals surface area contributed by atoms with Gasteiger partial charge >= 0.3 is 5.97 Å². The Labute approximate surface area is 211 Å². The molecule has 9 heteroatoms. The summed E-state index contributed by atoms with van der Waals surface area (Å²) in [5.41, 5.74) is 2.49. The van der Waals surface area contributed by atoms with Crippen LogP contribution in [0.25, 0.3) is 10.9 Å². The molecule has 4 rings (SSSR count). The standard InChI is InChI=1S/C27H34N4O5/c1-5-36-27(33)25-24(20-15-22(34-3)23(35-4)16-21(20)28-25)29-26(32)18(2)31-13-11-30(12-14-31)17-19-9-7-6-8-10-19/h6-10,15-16,18,28H,5,11-14,17H2,1-4H3,(H,29,32)/t18-/m0/s1. The average Bonchev–Trinajstić information content (AvgIpc) is 3.25. The van der Waals surface area contributed by atoms with Gasteiger partial charge in [0.2, 0.25) is 5.91 Å². The summed E-state index contributed by atoms with van der Waals surface area (Å²) < 4.78 is 16.1. The Morgan fingerprint density at radius 2 is 1.69 bits per heavy atom. The number of hydrogen-bond donors (Lipinski definition) is 2. The zero-order chi connectivity index (χ0) is 25.7. The molecule has 192 valence electrons. The van der Waals surface area contributed by atoms with Crippen molar-refractivity contribution in [1.29, 1.82) is 0 Å². The normalized spacial score (nSPS) is 15.4. The van der Waals surface area contributed by atoms with E-state index in [9.17, 15) is 9.59 Å². The molecule has 1 atom stereocenters. The van der Waals surface area contributed by atoms with Crippen molar-refractivity contribution in [1.82, 2.24) is 14.8 Å². The topological polar surface area (TPSA) is 96.1 Å². The summed E-state index contributed by atoms with van der Waals surface area (Å²) in [4.78, 5) is 33.7. The predicted molar refractivity (Wildman–Crippen MR) is 139 cm³/mol. The van der Waals surface area contributed by atoms with Gasteiger partial charge < -0.3 is 24.5 Å². The van der Waals surface area contributed by atoms with Gasteiger partial charge in [-0.05, 0) is 25.5 Å². The van der Waals surface area contributed by atoms with Gasteiger partial charge in [0.05, 0.1) is 38.1 Å². The Hall–Kier alpha value is -3.56. The maximum Gasteiger partial charge on any atom is 0.356 e. The third kappa shape index (κ3) is 5.47. The van der Waals surface area contributed by atoms with Gasteiger partial charge in [-0.25, -0.2) is 4.79 Å². The van der Waals surface area contributed by atoms with E-state index in [2.05, 4.69) is 44.4 Å². The van der Waals surface area contributed by atoms with Crippen LogP contribution in [0.3, 0.4) is 0 Å². The molecule has 9 nitrogen and oxygen atoms in total. The molecule has 1 fully saturated rings. The first-order chi connectivity index (χ1) is 17.4. The predicted octanol–water partition coefficient (Wildman–Crippen LogP) is 3.51. The summed E-state index contributed by atoms with van der Waals surface area (Å²) in [5, 5.41) is 3.63. The number of anilines is 1. The molecule has 0 spiro atoms. The number of fused-ring (bicyclic) bond motifs is 1. The maximum atomic E-state index is 13.3. The molecule has 1 aromatic heterocycles. The van der Waals surface area contributed by atoms with Crippen molar-refractivity contribution >= 4 is 28.5 Å². The van der Waals surface area contributed by atoms with Crippen molar-refractivity contribution in [3.63, 3.8) is 0 Å². The van der Waals surface area contributed by atoms with Crippen LogP contribution in [0.4, 0.5) is 5.69 Å². The molecule has 2 N–H and O–H groups in total. The highest BCUT2D eigenvalue weighted by molar-refractivity contribution is 6.12. The minimum atomic E-state index is -0.538. The number of hydrogen-bond acceptors (Lipinski definition) is 7. The van der Waals surface area contributed by atoms with E-state index in [4.69, 9.17) is 14.2 Å². The van der Waals surface area contributed by atoms with E-state index in [-0.39, 0.29) is 24.2 Å². The van der Waals surface area contributed by atoms with Crippen LogP contribution in [0.5, 0.6) is 11.5 Å². The van der Waals surface area contributed by atoms with E-state index in [1.54, 1.807) is 33.3 Å². The van der Waals surface area contributed by atoms with Crippen molar-refractivity contribution in [2.45, 2.75) is 26.4 Å². The Morgan fingerprint density at radius 1 is 1.03 bits per heavy atom. The summed E-state index contributed by atoms with van der Waals surface area (Å²) in [6.07, 6.45) is 0. The van der Waals surface area contributed by atoms with Crippen molar-refractivity contribution in [3.8, 4) is 11.5 Å². The number of aromatic amines is 1. The monoisotopic (exact) mass is 494 g/mol. The lowest BCUT2D eigenvalue weighted by atomic mass is 10.1. The quantitative estimate of drug-likeness (QED) is 0.440. The third-order valence-electron chi connectivity index (χ3n) is 6.61. The number of amides is 1. The molecular weight excluding hydrogens is 460 g/mol. The molecule has 1 aliphatic heterocycles. The SMILES string of the molecule is CCOC(=O)c1[nH]c2cc(OC)c(OC)cc2c1NC(=O)[C@H](C)N1CCN(Cc2ccccc2)CC1. The first-order valence-corrected chi connectivity index (χ1v) is 12.2. The second-order valence-corrected chi connectivity index (χ2v) is 8.81. The Kier molecular flexibility index (Phi) is 8.12. The Morgan fingerprint density at radius 3 is 2.33 bits per heavy atom. The molecule has 1 amide bonds. The van der Waals surface area contributed by atoms with Gasteiger partial charge in [-0.15, -0.1) is 0 Å². The van der Waals surface area contributed by atoms with Crippen molar-refractivity contribution < 1.29 is 23.8 Å². The molecule has 0 saturated carbocycles. The van der Waals surface area contributed by atoms with E-state index in [0.717, 1.165) is 32.7 Å². The molecule has 0 radical (unpaired) electrons. The molecule has 36 heavy (non-hydrogen) atoms. The lowest BCUT2D eigenvalue weighted by Gasteiger charge is -2.37. The molecule has 2 aromatic carbocycles. The number of carbonyl (C=O) groups is 2. The van der Waals surface area contributed by atoms with Crippen molar-refractivity contribution in [2.24, 2.45) is 0 Å². The zero-order valence-corrected chi connectivity index (χ0v) is 21.3. The van der Waals surface area contributed by atoms with E-state index < -0.39 is 5.97 Å². The van der Waals surface area contributed by atoms with E-state index in [1.165, 1.54) is 5.56 Å². The van der Waals surface area contributed by atoms with Crippen LogP contribution >= 0.6 is 0 Å². The number of rotatable bonds is 9. The average molecular weight is 495 g/mol. The fourth-order valence-corrected chi connectivity index (χ4v) is 4.55. The first-order valence-electron chi connectivity index (χ1n) is 12.2. The Balaban J connectivity index is 1.50. The number of carbonyl (C=O) groups excluding carboxylic acids is 2. The van der Waals surface area contributed by atoms with Gasteiger partial charge in [0.1, 0.15) is 5.69 Å². The number of nitrogens with one attached hydrogen (secondary N) is 2. The minimum Gasteiger partial charge on any atom is -0.493 e. The molecule has 3 aromatic rings. The number of ether oxygens (including phenoxy) is 3. The van der Waals surface area contributed by atoms with E-state index >= 15 is 0 Å². The van der Waals surface area contributed by atoms with Gasteiger partial charge in [-0.1, -0.05) is 30.3 Å². The highest BCUT2D eigenvalue weighted by Crippen LogP contribution is 2.37. The van der Waals surface area contributed by atoms with Crippen LogP contribution in [0.15, 0.2) is 42.5 Å². The van der Waals surface area contributed by atoms with Crippen molar-refractivity contribution in [3.05, 3.63) is 53.7 Å². The molecular formula is C27H34N4O5. The van der Waals surface area contributed by atoms with Crippen LogP contribution in [0.2, 0.25) is 0 Å². The van der Waals surface area contributed by atoms with E-state index in [1.807, 2.05) is 13.0 Å². The summed E-state index contributed by atoms with van der Waals surface area (Å²) in [7, 11) is 3.09. The van der Waals surface area contributed by atoms with Gasteiger partial charge in [-0.3, -0.25) is 14.6 Å². The van der Waals surface area contributed by atoms with Gasteiger partial charge in [0.15, 0.2) is 11.5 Å². The number of esters is 1. The fourth-order valence-electron chi connectivity index (χ4n) is 4.55. The van der Waals surface area contributed by atoms with Gasteiger partial charge in [-0.2, -0.15) is 0 Å². The van der Waals surface area contributed by atoms with Gasteiger partial charge in [0, 0.05) is 44.2 Å². The number of aromatic nitrogens is 1. The highest BCUT2D eigenvalue weighted by Gasteiger charge is 2.28. The lowest BCUT2D eigenvalue weighted by molar-refractivity contribution is -0.121. The maximum absolute atomic E-state index is 13.3. The molecule has 1 aliphatic rings. The summed E-state index contributed by atoms with van der Waals surface area (Å²) in [6, 6.07) is 13.5. The van der Waals surface area contributed by atoms with E-state index in [0.29, 0.717) is 28.1 Å². The van der Waals surface area contributed by atoms with Crippen LogP contribution in [-0.2, 0) is 16.1 Å². The summed E-state index contributed by atoms with van der Waals surface area (Å²) >= 11 is 0. The highest BCUT2D eigenvalue weighted by atomic mass is 16.5. The molecule has 0 unspecified atom stereocenters. The lowest BCUT2D eigenvalue weighted by Crippen LogP contribution is -2.52. The second-order valence-electron chi connectivity index (χ2n) is 8.81. The number of methoxy groups -OCH3 is 2. The number of nitrogens with zero attached hydrogens (tertiary/aromatic N) is 2. The Bertz CT molecular complexity index is 1200. The van der Waals surface area contributed by atoms with Crippen LogP contribution in [0, 0.1) is 0 Å². The number of H-pyrrole nitrogens is 1. The summed E-state index contributed by atoms with van der Waals surface area (Å²) in [5.74, 6) is 0.288. The molecule has 0 aliphatic carbocycles. The second kappa shape index (κ2) is 11.5. The third-order valence-corrected chi connectivity index (χ3v) is 6.61. The first kappa shape index (κ1) is 25.5. The minimum absolute atomic E-state index is 0.187. The molecule has 2 heterocycles. The largest absolute Gasteiger partial charge is 0.493 e. The van der Waals surface area contributed by atoms with Crippen LogP contribution in [-0.4, -0.2) is 79.7 Å². The molecule has 1 saturated heterocycles. The summed E-state index contributed by atoms with van der Waals surface area (Å²) in [6.45, 7) is 8.08. The number of benzene rings is 2. The molecule has 0 bridgehead atoms.